The van der Waals surface area contributed by atoms with Crippen molar-refractivity contribution in [3.05, 3.63) is 42.0 Å². The van der Waals surface area contributed by atoms with Crippen molar-refractivity contribution in [2.75, 3.05) is 7.11 Å². The summed E-state index contributed by atoms with van der Waals surface area (Å²) in [6.45, 7) is 3.70. The Morgan fingerprint density at radius 3 is 2.67 bits per heavy atom. The summed E-state index contributed by atoms with van der Waals surface area (Å²) in [5, 5.41) is 0. The predicted molar refractivity (Wildman–Crippen MR) is 59.4 cm³/mol. The SMILES string of the molecule is C=Cc1ccc(C2CC2C(=O)OC)cc1. The van der Waals surface area contributed by atoms with Crippen LogP contribution in [0, 0.1) is 5.92 Å². The first-order valence-electron chi connectivity index (χ1n) is 5.06. The standard InChI is InChI=1S/C13H14O2/c1-3-9-4-6-10(7-5-9)11-8-12(11)13(14)15-2/h3-7,11-12H,1,8H2,2H3. The highest BCUT2D eigenvalue weighted by molar-refractivity contribution is 5.77. The largest absolute Gasteiger partial charge is 0.469 e. The predicted octanol–water partition coefficient (Wildman–Crippen LogP) is 2.61. The minimum Gasteiger partial charge on any atom is -0.469 e. The molecule has 1 aliphatic carbocycles. The van der Waals surface area contributed by atoms with Crippen molar-refractivity contribution in [2.24, 2.45) is 5.92 Å². The van der Waals surface area contributed by atoms with Gasteiger partial charge in [0.05, 0.1) is 13.0 Å². The van der Waals surface area contributed by atoms with Crippen molar-refractivity contribution in [3.8, 4) is 0 Å². The molecule has 0 radical (unpaired) electrons. The lowest BCUT2D eigenvalue weighted by Gasteiger charge is -2.00. The fourth-order valence-electron chi connectivity index (χ4n) is 1.85. The van der Waals surface area contributed by atoms with E-state index in [2.05, 4.69) is 18.7 Å². The quantitative estimate of drug-likeness (QED) is 0.704. The van der Waals surface area contributed by atoms with Crippen LogP contribution < -0.4 is 0 Å². The van der Waals surface area contributed by atoms with E-state index in [1.54, 1.807) is 0 Å². The van der Waals surface area contributed by atoms with E-state index in [-0.39, 0.29) is 11.9 Å². The molecule has 1 fully saturated rings. The van der Waals surface area contributed by atoms with Crippen LogP contribution in [0.5, 0.6) is 0 Å². The molecule has 1 aliphatic rings. The molecule has 1 aromatic rings. The van der Waals surface area contributed by atoms with E-state index in [0.29, 0.717) is 5.92 Å². The molecule has 0 spiro atoms. The van der Waals surface area contributed by atoms with Crippen molar-refractivity contribution in [2.45, 2.75) is 12.3 Å². The highest BCUT2D eigenvalue weighted by Crippen LogP contribution is 2.48. The van der Waals surface area contributed by atoms with E-state index in [9.17, 15) is 4.79 Å². The summed E-state index contributed by atoms with van der Waals surface area (Å²) in [4.78, 5) is 11.2. The summed E-state index contributed by atoms with van der Waals surface area (Å²) in [5.41, 5.74) is 2.32. The Labute approximate surface area is 89.6 Å². The van der Waals surface area contributed by atoms with Gasteiger partial charge in [-0.1, -0.05) is 36.9 Å². The first-order valence-corrected chi connectivity index (χ1v) is 5.06. The summed E-state index contributed by atoms with van der Waals surface area (Å²) in [6.07, 6.45) is 2.73. The van der Waals surface area contributed by atoms with Crippen LogP contribution in [0.15, 0.2) is 30.8 Å². The first kappa shape index (κ1) is 9.97. The zero-order valence-corrected chi connectivity index (χ0v) is 8.77. The second kappa shape index (κ2) is 3.89. The van der Waals surface area contributed by atoms with Crippen LogP contribution in [0.3, 0.4) is 0 Å². The number of esters is 1. The lowest BCUT2D eigenvalue weighted by atomic mass is 10.1. The summed E-state index contributed by atoms with van der Waals surface area (Å²) < 4.78 is 4.72. The molecule has 2 atom stereocenters. The number of carbonyl (C=O) groups is 1. The summed E-state index contributed by atoms with van der Waals surface area (Å²) in [6, 6.07) is 8.17. The molecule has 2 unspecified atom stereocenters. The molecule has 1 aromatic carbocycles. The Balaban J connectivity index is 2.07. The number of rotatable bonds is 3. The monoisotopic (exact) mass is 202 g/mol. The van der Waals surface area contributed by atoms with Gasteiger partial charge in [-0.15, -0.1) is 0 Å². The molecule has 0 N–H and O–H groups in total. The normalized spacial score (nSPS) is 23.3. The van der Waals surface area contributed by atoms with E-state index < -0.39 is 0 Å². The number of ether oxygens (including phenoxy) is 1. The molecule has 2 nitrogen and oxygen atoms in total. The zero-order chi connectivity index (χ0) is 10.8. The fourth-order valence-corrected chi connectivity index (χ4v) is 1.85. The van der Waals surface area contributed by atoms with Gasteiger partial charge in [-0.3, -0.25) is 4.79 Å². The second-order valence-corrected chi connectivity index (χ2v) is 3.84. The maximum atomic E-state index is 11.2. The molecule has 0 saturated heterocycles. The van der Waals surface area contributed by atoms with Gasteiger partial charge in [-0.05, 0) is 23.5 Å². The molecular formula is C13H14O2. The summed E-state index contributed by atoms with van der Waals surface area (Å²) >= 11 is 0. The minimum atomic E-state index is -0.0900. The Kier molecular flexibility index (Phi) is 2.58. The highest BCUT2D eigenvalue weighted by Gasteiger charge is 2.44. The molecular weight excluding hydrogens is 188 g/mol. The highest BCUT2D eigenvalue weighted by atomic mass is 16.5. The third kappa shape index (κ3) is 1.94. The number of benzene rings is 1. The van der Waals surface area contributed by atoms with Gasteiger partial charge < -0.3 is 4.74 Å². The molecule has 0 bridgehead atoms. The van der Waals surface area contributed by atoms with Gasteiger partial charge >= 0.3 is 5.97 Å². The van der Waals surface area contributed by atoms with Gasteiger partial charge in [0.15, 0.2) is 0 Å². The zero-order valence-electron chi connectivity index (χ0n) is 8.77. The van der Waals surface area contributed by atoms with Gasteiger partial charge in [0.2, 0.25) is 0 Å². The van der Waals surface area contributed by atoms with Crippen LogP contribution >= 0.6 is 0 Å². The van der Waals surface area contributed by atoms with Gasteiger partial charge in [-0.25, -0.2) is 0 Å². The molecule has 2 heteroatoms. The Hall–Kier alpha value is -1.57. The summed E-state index contributed by atoms with van der Waals surface area (Å²) in [7, 11) is 1.44. The minimum absolute atomic E-state index is 0.0737. The second-order valence-electron chi connectivity index (χ2n) is 3.84. The molecule has 0 heterocycles. The van der Waals surface area contributed by atoms with Crippen LogP contribution in [-0.2, 0) is 9.53 Å². The number of hydrogen-bond acceptors (Lipinski definition) is 2. The van der Waals surface area contributed by atoms with Crippen LogP contribution in [0.1, 0.15) is 23.5 Å². The third-order valence-corrected chi connectivity index (χ3v) is 2.89. The van der Waals surface area contributed by atoms with Crippen LogP contribution in [0.4, 0.5) is 0 Å². The van der Waals surface area contributed by atoms with Gasteiger partial charge in [0.25, 0.3) is 0 Å². The van der Waals surface area contributed by atoms with Crippen molar-refractivity contribution < 1.29 is 9.53 Å². The van der Waals surface area contributed by atoms with Crippen LogP contribution in [-0.4, -0.2) is 13.1 Å². The van der Waals surface area contributed by atoms with Crippen molar-refractivity contribution >= 4 is 12.0 Å². The lowest BCUT2D eigenvalue weighted by molar-refractivity contribution is -0.142. The molecule has 1 saturated carbocycles. The van der Waals surface area contributed by atoms with Gasteiger partial charge in [-0.2, -0.15) is 0 Å². The molecule has 15 heavy (non-hydrogen) atoms. The van der Waals surface area contributed by atoms with Crippen molar-refractivity contribution in [1.29, 1.82) is 0 Å². The fraction of sp³-hybridized carbons (Fsp3) is 0.308. The third-order valence-electron chi connectivity index (χ3n) is 2.89. The molecule has 78 valence electrons. The van der Waals surface area contributed by atoms with Gasteiger partial charge in [0.1, 0.15) is 0 Å². The maximum absolute atomic E-state index is 11.2. The van der Waals surface area contributed by atoms with Crippen molar-refractivity contribution in [3.63, 3.8) is 0 Å². The topological polar surface area (TPSA) is 26.3 Å². The molecule has 0 aliphatic heterocycles. The van der Waals surface area contributed by atoms with E-state index in [1.165, 1.54) is 12.7 Å². The Bertz CT molecular complexity index is 378. The number of hydrogen-bond donors (Lipinski definition) is 0. The van der Waals surface area contributed by atoms with E-state index in [1.807, 2.05) is 18.2 Å². The Morgan fingerprint density at radius 2 is 2.13 bits per heavy atom. The van der Waals surface area contributed by atoms with Crippen LogP contribution in [0.2, 0.25) is 0 Å². The smallest absolute Gasteiger partial charge is 0.309 e. The first-order chi connectivity index (χ1) is 7.26. The lowest BCUT2D eigenvalue weighted by Crippen LogP contribution is -2.03. The average Bonchev–Trinajstić information content (AvgIpc) is 3.08. The van der Waals surface area contributed by atoms with E-state index >= 15 is 0 Å². The van der Waals surface area contributed by atoms with E-state index in [4.69, 9.17) is 4.74 Å². The van der Waals surface area contributed by atoms with Crippen LogP contribution in [0.25, 0.3) is 6.08 Å². The number of methoxy groups -OCH3 is 1. The number of carbonyl (C=O) groups excluding carboxylic acids is 1. The van der Waals surface area contributed by atoms with Crippen molar-refractivity contribution in [1.82, 2.24) is 0 Å². The van der Waals surface area contributed by atoms with E-state index in [0.717, 1.165) is 12.0 Å². The Morgan fingerprint density at radius 1 is 1.47 bits per heavy atom. The average molecular weight is 202 g/mol. The molecule has 2 rings (SSSR count). The maximum Gasteiger partial charge on any atom is 0.309 e. The molecule has 0 amide bonds. The van der Waals surface area contributed by atoms with Gasteiger partial charge in [0, 0.05) is 0 Å². The summed E-state index contributed by atoms with van der Waals surface area (Å²) in [5.74, 6) is 0.341. The molecule has 0 aromatic heterocycles.